The van der Waals surface area contributed by atoms with Crippen LogP contribution in [-0.2, 0) is 9.53 Å². The molecule has 0 N–H and O–H groups in total. The van der Waals surface area contributed by atoms with Crippen LogP contribution in [0.25, 0.3) is 5.65 Å². The van der Waals surface area contributed by atoms with E-state index >= 15 is 0 Å². The van der Waals surface area contributed by atoms with E-state index in [9.17, 15) is 18.0 Å². The van der Waals surface area contributed by atoms with Crippen molar-refractivity contribution in [3.63, 3.8) is 0 Å². The molecule has 2 aromatic rings. The number of aromatic nitrogens is 3. The number of piperidine rings is 1. The van der Waals surface area contributed by atoms with Crippen LogP contribution in [0, 0.1) is 12.8 Å². The molecule has 9 heteroatoms. The largest absolute Gasteiger partial charge is 0.391 e. The topological polar surface area (TPSA) is 59.7 Å². The van der Waals surface area contributed by atoms with Crippen LogP contribution in [0.4, 0.5) is 13.2 Å². The summed E-state index contributed by atoms with van der Waals surface area (Å²) in [6, 6.07) is 3.94. The van der Waals surface area contributed by atoms with E-state index in [0.717, 1.165) is 35.6 Å². The molecule has 0 aromatic carbocycles. The lowest BCUT2D eigenvalue weighted by Crippen LogP contribution is -2.47. The number of alkyl halides is 3. The molecule has 1 saturated carbocycles. The molecular weight excluding hydrogens is 421 g/mol. The van der Waals surface area contributed by atoms with Crippen LogP contribution in [0.5, 0.6) is 0 Å². The van der Waals surface area contributed by atoms with E-state index in [0.29, 0.717) is 19.4 Å². The summed E-state index contributed by atoms with van der Waals surface area (Å²) in [6.45, 7) is 4.77. The van der Waals surface area contributed by atoms with Crippen molar-refractivity contribution < 1.29 is 22.7 Å². The zero-order chi connectivity index (χ0) is 23.0. The van der Waals surface area contributed by atoms with Crippen molar-refractivity contribution in [1.82, 2.24) is 19.5 Å². The van der Waals surface area contributed by atoms with Crippen LogP contribution in [-0.4, -0.2) is 57.9 Å². The lowest BCUT2D eigenvalue weighted by molar-refractivity contribution is -0.182. The number of ether oxygens (including phenoxy) is 1. The third-order valence-electron chi connectivity index (χ3n) is 7.17. The Labute approximate surface area is 186 Å². The molecule has 3 heterocycles. The van der Waals surface area contributed by atoms with Crippen LogP contribution in [0.2, 0.25) is 0 Å². The van der Waals surface area contributed by atoms with Gasteiger partial charge in [0.2, 0.25) is 5.91 Å². The van der Waals surface area contributed by atoms with Gasteiger partial charge in [0.05, 0.1) is 17.3 Å². The average Bonchev–Trinajstić information content (AvgIpc) is 3.17. The van der Waals surface area contributed by atoms with E-state index in [-0.39, 0.29) is 43.2 Å². The lowest BCUT2D eigenvalue weighted by atomic mass is 9.80. The zero-order valence-electron chi connectivity index (χ0n) is 18.9. The fraction of sp³-hybridized carbons (Fsp3) is 0.696. The van der Waals surface area contributed by atoms with E-state index in [4.69, 9.17) is 9.84 Å². The summed E-state index contributed by atoms with van der Waals surface area (Å²) in [4.78, 5) is 19.0. The molecule has 0 radical (unpaired) electrons. The quantitative estimate of drug-likeness (QED) is 0.680. The van der Waals surface area contributed by atoms with E-state index in [1.165, 1.54) is 7.11 Å². The van der Waals surface area contributed by atoms with Crippen molar-refractivity contribution in [2.45, 2.75) is 76.4 Å². The van der Waals surface area contributed by atoms with Gasteiger partial charge in [0, 0.05) is 43.3 Å². The van der Waals surface area contributed by atoms with Crippen molar-refractivity contribution in [2.24, 2.45) is 5.92 Å². The smallest absolute Gasteiger partial charge is 0.375 e. The van der Waals surface area contributed by atoms with E-state index in [2.05, 4.69) is 11.9 Å². The Morgan fingerprint density at radius 2 is 1.91 bits per heavy atom. The second-order valence-corrected chi connectivity index (χ2v) is 9.26. The lowest BCUT2D eigenvalue weighted by Gasteiger charge is -2.39. The third kappa shape index (κ3) is 4.49. The molecule has 2 aromatic heterocycles. The summed E-state index contributed by atoms with van der Waals surface area (Å²) in [7, 11) is 1.52. The molecule has 2 fully saturated rings. The second kappa shape index (κ2) is 9.00. The summed E-state index contributed by atoms with van der Waals surface area (Å²) < 4.78 is 46.0. The highest BCUT2D eigenvalue weighted by Gasteiger charge is 2.42. The second-order valence-electron chi connectivity index (χ2n) is 9.26. The standard InChI is InChI=1S/C23H31F3N4O2/c1-14-11-20(18-5-4-10-29(15(18)2)22(31)13-32-3)30-21(27-14)12-19(28-30)16-6-8-17(9-7-16)23(24,25)26/h11-12,15-18H,4-10,13H2,1-3H3/t15-,16?,17?,18-/m1/s1. The highest BCUT2D eigenvalue weighted by Crippen LogP contribution is 2.43. The summed E-state index contributed by atoms with van der Waals surface area (Å²) >= 11 is 0. The van der Waals surface area contributed by atoms with Crippen LogP contribution >= 0.6 is 0 Å². The van der Waals surface area contributed by atoms with Crippen LogP contribution in [0.15, 0.2) is 12.1 Å². The molecule has 1 saturated heterocycles. The maximum atomic E-state index is 13.0. The molecular formula is C23H31F3N4O2. The summed E-state index contributed by atoms with van der Waals surface area (Å²) in [5.74, 6) is -1.10. The highest BCUT2D eigenvalue weighted by molar-refractivity contribution is 5.78. The van der Waals surface area contributed by atoms with Gasteiger partial charge in [-0.25, -0.2) is 9.50 Å². The zero-order valence-corrected chi connectivity index (χ0v) is 18.9. The summed E-state index contributed by atoms with van der Waals surface area (Å²) in [5.41, 5.74) is 3.42. The Balaban J connectivity index is 1.61. The molecule has 0 bridgehead atoms. The SMILES string of the molecule is COCC(=O)N1CCC[C@@H](c2cc(C)nc3cc(C4CCC(C(F)(F)F)CC4)nn23)[C@H]1C. The Bertz CT molecular complexity index is 966. The van der Waals surface area contributed by atoms with Crippen molar-refractivity contribution in [2.75, 3.05) is 20.3 Å². The number of likely N-dealkylation sites (tertiary alicyclic amines) is 1. The third-order valence-corrected chi connectivity index (χ3v) is 7.17. The van der Waals surface area contributed by atoms with Gasteiger partial charge in [-0.1, -0.05) is 0 Å². The molecule has 2 aliphatic rings. The fourth-order valence-corrected chi connectivity index (χ4v) is 5.42. The molecule has 2 atom stereocenters. The first kappa shape index (κ1) is 23.0. The van der Waals surface area contributed by atoms with Gasteiger partial charge in [-0.05, 0) is 58.4 Å². The highest BCUT2D eigenvalue weighted by atomic mass is 19.4. The molecule has 1 amide bonds. The molecule has 176 valence electrons. The van der Waals surface area contributed by atoms with Gasteiger partial charge in [0.15, 0.2) is 5.65 Å². The van der Waals surface area contributed by atoms with Gasteiger partial charge in [0.25, 0.3) is 0 Å². The first-order valence-corrected chi connectivity index (χ1v) is 11.4. The Kier molecular flexibility index (Phi) is 6.47. The van der Waals surface area contributed by atoms with Crippen molar-refractivity contribution in [3.8, 4) is 0 Å². The Morgan fingerprint density at radius 3 is 2.56 bits per heavy atom. The number of methoxy groups -OCH3 is 1. The number of fused-ring (bicyclic) bond motifs is 1. The Hall–Kier alpha value is -2.16. The van der Waals surface area contributed by atoms with Crippen molar-refractivity contribution in [3.05, 3.63) is 29.2 Å². The van der Waals surface area contributed by atoms with E-state index in [1.807, 2.05) is 28.5 Å². The van der Waals surface area contributed by atoms with Gasteiger partial charge < -0.3 is 9.64 Å². The van der Waals surface area contributed by atoms with Crippen molar-refractivity contribution in [1.29, 1.82) is 0 Å². The number of halogens is 3. The minimum absolute atomic E-state index is 0.00808. The van der Waals surface area contributed by atoms with Crippen molar-refractivity contribution >= 4 is 11.6 Å². The average molecular weight is 453 g/mol. The predicted octanol–water partition coefficient (Wildman–Crippen LogP) is 4.61. The molecule has 4 rings (SSSR count). The number of carbonyl (C=O) groups is 1. The Morgan fingerprint density at radius 1 is 1.19 bits per heavy atom. The van der Waals surface area contributed by atoms with Crippen LogP contribution in [0.3, 0.4) is 0 Å². The fourth-order valence-electron chi connectivity index (χ4n) is 5.42. The monoisotopic (exact) mass is 452 g/mol. The number of rotatable bonds is 4. The minimum Gasteiger partial charge on any atom is -0.375 e. The summed E-state index contributed by atoms with van der Waals surface area (Å²) in [5, 5.41) is 4.83. The number of amides is 1. The first-order chi connectivity index (χ1) is 15.2. The normalized spacial score (nSPS) is 27.1. The number of hydrogen-bond donors (Lipinski definition) is 0. The first-order valence-electron chi connectivity index (χ1n) is 11.4. The van der Waals surface area contributed by atoms with Gasteiger partial charge in [-0.3, -0.25) is 4.79 Å². The number of aryl methyl sites for hydroxylation is 1. The number of nitrogens with zero attached hydrogens (tertiary/aromatic N) is 4. The summed E-state index contributed by atoms with van der Waals surface area (Å²) in [6.07, 6.45) is -1.01. The maximum Gasteiger partial charge on any atom is 0.391 e. The number of carbonyl (C=O) groups excluding carboxylic acids is 1. The maximum absolute atomic E-state index is 13.0. The van der Waals surface area contributed by atoms with Gasteiger partial charge >= 0.3 is 6.18 Å². The molecule has 1 aliphatic heterocycles. The van der Waals surface area contributed by atoms with E-state index < -0.39 is 12.1 Å². The van der Waals surface area contributed by atoms with E-state index in [1.54, 1.807) is 0 Å². The molecule has 1 aliphatic carbocycles. The van der Waals surface area contributed by atoms with Gasteiger partial charge in [-0.2, -0.15) is 18.3 Å². The molecule has 0 unspecified atom stereocenters. The minimum atomic E-state index is -4.11. The molecule has 32 heavy (non-hydrogen) atoms. The molecule has 6 nitrogen and oxygen atoms in total. The van der Waals surface area contributed by atoms with Gasteiger partial charge in [0.1, 0.15) is 6.61 Å². The molecule has 0 spiro atoms. The van der Waals surface area contributed by atoms with Crippen LogP contribution < -0.4 is 0 Å². The van der Waals surface area contributed by atoms with Gasteiger partial charge in [-0.15, -0.1) is 0 Å². The predicted molar refractivity (Wildman–Crippen MR) is 114 cm³/mol. The van der Waals surface area contributed by atoms with Crippen LogP contribution in [0.1, 0.15) is 74.4 Å². The number of hydrogen-bond acceptors (Lipinski definition) is 4.